The van der Waals surface area contributed by atoms with Gasteiger partial charge in [0.2, 0.25) is 5.91 Å². The molecule has 0 bridgehead atoms. The summed E-state index contributed by atoms with van der Waals surface area (Å²) in [4.78, 5) is 44.0. The zero-order chi connectivity index (χ0) is 31.3. The van der Waals surface area contributed by atoms with Crippen molar-refractivity contribution in [2.24, 2.45) is 39.7 Å². The van der Waals surface area contributed by atoms with Crippen LogP contribution in [0.3, 0.4) is 0 Å². The van der Waals surface area contributed by atoms with Gasteiger partial charge < -0.3 is 30.4 Å². The molecule has 10 nitrogen and oxygen atoms in total. The number of oxime groups is 1. The first-order valence-electron chi connectivity index (χ1n) is 15.8. The first-order chi connectivity index (χ1) is 20.2. The molecule has 0 spiro atoms. The SMILES string of the molecule is C#C[C@@]1(O)CCC2C3CCC4=C/C(=N/OCC(=O)NC(C(=O)N5CC(O)CC5C(=O)O)C(C)C)CC[C@]4(C)C3CC[C@@]21C. The van der Waals surface area contributed by atoms with Crippen LogP contribution in [0, 0.1) is 46.8 Å². The normalized spacial score (nSPS) is 40.1. The molecule has 0 radical (unpaired) electrons. The number of carboxylic acid groups (broad SMARTS) is 1. The van der Waals surface area contributed by atoms with Gasteiger partial charge in [-0.3, -0.25) is 9.59 Å². The lowest BCUT2D eigenvalue weighted by molar-refractivity contribution is -0.150. The van der Waals surface area contributed by atoms with Crippen molar-refractivity contribution in [3.05, 3.63) is 11.6 Å². The number of carbonyl (C=O) groups excluding carboxylic acids is 2. The zero-order valence-electron chi connectivity index (χ0n) is 25.8. The number of aliphatic carboxylic acids is 1. The minimum Gasteiger partial charge on any atom is -0.480 e. The van der Waals surface area contributed by atoms with Crippen LogP contribution in [0.15, 0.2) is 16.8 Å². The Labute approximate surface area is 254 Å². The molecule has 0 aromatic rings. The summed E-state index contributed by atoms with van der Waals surface area (Å²) < 4.78 is 0. The number of likely N-dealkylation sites (tertiary alicyclic amines) is 1. The number of nitrogens with zero attached hydrogens (tertiary/aromatic N) is 2. The molecular weight excluding hydrogens is 550 g/mol. The van der Waals surface area contributed by atoms with Gasteiger partial charge in [0.15, 0.2) is 6.61 Å². The number of carboxylic acids is 1. The van der Waals surface area contributed by atoms with E-state index >= 15 is 0 Å². The standard InChI is InChI=1S/C33H47N3O7/c1-6-33(42)14-11-25-23-8-7-20-15-21(9-12-31(20,4)24(23)10-13-32(25,33)5)35-43-18-27(38)34-28(19(2)3)29(39)36-17-22(37)16-26(36)30(40)41/h1,15,19,22-26,28,37,42H,7-14,16-18H2,2-5H3,(H,34,38)(H,40,41)/b35-21+/t22?,23?,24?,25?,26?,28?,31-,32-,33+/m0/s1. The van der Waals surface area contributed by atoms with Crippen molar-refractivity contribution in [2.75, 3.05) is 13.2 Å². The van der Waals surface area contributed by atoms with Gasteiger partial charge in [0.25, 0.3) is 5.91 Å². The lowest BCUT2D eigenvalue weighted by Crippen LogP contribution is -2.54. The van der Waals surface area contributed by atoms with Crippen molar-refractivity contribution >= 4 is 23.5 Å². The highest BCUT2D eigenvalue weighted by Gasteiger charge is 2.63. The van der Waals surface area contributed by atoms with Crippen LogP contribution < -0.4 is 5.32 Å². The van der Waals surface area contributed by atoms with E-state index in [0.717, 1.165) is 55.6 Å². The van der Waals surface area contributed by atoms with Gasteiger partial charge in [-0.2, -0.15) is 0 Å². The molecule has 1 heterocycles. The third-order valence-electron chi connectivity index (χ3n) is 11.8. The first-order valence-corrected chi connectivity index (χ1v) is 15.8. The van der Waals surface area contributed by atoms with Crippen LogP contribution in [0.5, 0.6) is 0 Å². The number of β-amino-alcohol motifs (C(OH)–C–C–N with tert-alkyl or cyclic N) is 1. The Morgan fingerprint density at radius 3 is 2.56 bits per heavy atom. The monoisotopic (exact) mass is 597 g/mol. The molecule has 1 aliphatic heterocycles. The van der Waals surface area contributed by atoms with E-state index in [9.17, 15) is 29.7 Å². The van der Waals surface area contributed by atoms with Crippen LogP contribution in [0.25, 0.3) is 0 Å². The van der Waals surface area contributed by atoms with Crippen molar-refractivity contribution in [3.8, 4) is 12.3 Å². The predicted molar refractivity (Wildman–Crippen MR) is 159 cm³/mol. The van der Waals surface area contributed by atoms with Gasteiger partial charge >= 0.3 is 5.97 Å². The molecular formula is C33H47N3O7. The largest absolute Gasteiger partial charge is 0.480 e. The molecule has 3 saturated carbocycles. The Morgan fingerprint density at radius 2 is 1.88 bits per heavy atom. The Hall–Kier alpha value is -2.90. The van der Waals surface area contributed by atoms with E-state index in [-0.39, 0.29) is 36.3 Å². The van der Waals surface area contributed by atoms with E-state index < -0.39 is 41.6 Å². The fourth-order valence-corrected chi connectivity index (χ4v) is 9.27. The molecule has 2 amide bonds. The third kappa shape index (κ3) is 5.37. The van der Waals surface area contributed by atoms with E-state index in [2.05, 4.69) is 36.3 Å². The fourth-order valence-electron chi connectivity index (χ4n) is 9.27. The second-order valence-corrected chi connectivity index (χ2v) is 14.4. The highest BCUT2D eigenvalue weighted by atomic mass is 16.6. The van der Waals surface area contributed by atoms with Crippen molar-refractivity contribution in [2.45, 2.75) is 109 Å². The summed E-state index contributed by atoms with van der Waals surface area (Å²) >= 11 is 0. The lowest BCUT2D eigenvalue weighted by atomic mass is 9.46. The van der Waals surface area contributed by atoms with Crippen LogP contribution in [0.1, 0.15) is 85.5 Å². The summed E-state index contributed by atoms with van der Waals surface area (Å²) in [5, 5.41) is 37.6. The van der Waals surface area contributed by atoms with E-state index in [0.29, 0.717) is 24.2 Å². The van der Waals surface area contributed by atoms with Crippen molar-refractivity contribution in [1.29, 1.82) is 0 Å². The maximum atomic E-state index is 13.1. The van der Waals surface area contributed by atoms with Gasteiger partial charge in [-0.25, -0.2) is 4.79 Å². The zero-order valence-corrected chi connectivity index (χ0v) is 25.8. The third-order valence-corrected chi connectivity index (χ3v) is 11.8. The second kappa shape index (κ2) is 11.6. The molecule has 1 saturated heterocycles. The number of hydrogen-bond donors (Lipinski definition) is 4. The molecule has 9 atom stereocenters. The molecule has 10 heteroatoms. The van der Waals surface area contributed by atoms with Crippen LogP contribution in [-0.4, -0.2) is 80.7 Å². The number of fused-ring (bicyclic) bond motifs is 5. The van der Waals surface area contributed by atoms with Gasteiger partial charge in [0, 0.05) is 18.4 Å². The summed E-state index contributed by atoms with van der Waals surface area (Å²) in [7, 11) is 0. The quantitative estimate of drug-likeness (QED) is 0.261. The van der Waals surface area contributed by atoms with E-state index in [1.807, 2.05) is 0 Å². The van der Waals surface area contributed by atoms with Crippen LogP contribution in [-0.2, 0) is 19.2 Å². The molecule has 5 aliphatic rings. The molecule has 4 fully saturated rings. The molecule has 43 heavy (non-hydrogen) atoms. The highest BCUT2D eigenvalue weighted by molar-refractivity contribution is 5.96. The van der Waals surface area contributed by atoms with Crippen molar-refractivity contribution in [1.82, 2.24) is 10.2 Å². The first kappa shape index (κ1) is 31.5. The predicted octanol–water partition coefficient (Wildman–Crippen LogP) is 2.87. The average Bonchev–Trinajstić information content (AvgIpc) is 3.48. The van der Waals surface area contributed by atoms with Gasteiger partial charge in [0.1, 0.15) is 17.7 Å². The van der Waals surface area contributed by atoms with Crippen LogP contribution >= 0.6 is 0 Å². The topological polar surface area (TPSA) is 149 Å². The minimum atomic E-state index is -1.18. The van der Waals surface area contributed by atoms with E-state index in [4.69, 9.17) is 11.3 Å². The second-order valence-electron chi connectivity index (χ2n) is 14.4. The molecule has 4 N–H and O–H groups in total. The lowest BCUT2D eigenvalue weighted by Gasteiger charge is -2.58. The summed E-state index contributed by atoms with van der Waals surface area (Å²) in [5.74, 6) is 1.75. The fraction of sp³-hybridized carbons (Fsp3) is 0.758. The van der Waals surface area contributed by atoms with Crippen molar-refractivity contribution in [3.63, 3.8) is 0 Å². The Morgan fingerprint density at radius 1 is 1.16 bits per heavy atom. The number of aliphatic hydroxyl groups excluding tert-OH is 1. The molecule has 4 aliphatic carbocycles. The smallest absolute Gasteiger partial charge is 0.326 e. The molecule has 236 valence electrons. The number of terminal acetylenes is 1. The van der Waals surface area contributed by atoms with Crippen molar-refractivity contribution < 1.29 is 34.5 Å². The number of allylic oxidation sites excluding steroid dienone is 2. The molecule has 0 aromatic carbocycles. The summed E-state index contributed by atoms with van der Waals surface area (Å²) in [6.45, 7) is 7.66. The molecule has 5 rings (SSSR count). The van der Waals surface area contributed by atoms with E-state index in [1.54, 1.807) is 13.8 Å². The maximum Gasteiger partial charge on any atom is 0.326 e. The molecule has 0 aromatic heterocycles. The van der Waals surface area contributed by atoms with Gasteiger partial charge in [0.05, 0.1) is 11.8 Å². The van der Waals surface area contributed by atoms with Gasteiger partial charge in [-0.1, -0.05) is 44.3 Å². The number of carbonyl (C=O) groups is 3. The number of hydrogen-bond acceptors (Lipinski definition) is 7. The molecule has 6 unspecified atom stereocenters. The van der Waals surface area contributed by atoms with Crippen LogP contribution in [0.4, 0.5) is 0 Å². The van der Waals surface area contributed by atoms with Crippen LogP contribution in [0.2, 0.25) is 0 Å². The maximum absolute atomic E-state index is 13.1. The number of aliphatic hydroxyl groups is 2. The van der Waals surface area contributed by atoms with E-state index in [1.165, 1.54) is 5.57 Å². The summed E-state index contributed by atoms with van der Waals surface area (Å²) in [6.07, 6.45) is 14.4. The number of nitrogens with one attached hydrogen (secondary N) is 1. The van der Waals surface area contributed by atoms with Gasteiger partial charge in [-0.15, -0.1) is 6.42 Å². The minimum absolute atomic E-state index is 0.0362. The average molecular weight is 598 g/mol. The summed E-state index contributed by atoms with van der Waals surface area (Å²) in [6, 6.07) is -2.07. The number of amides is 2. The highest BCUT2D eigenvalue weighted by Crippen LogP contribution is 2.67. The van der Waals surface area contributed by atoms with Gasteiger partial charge in [-0.05, 0) is 86.5 Å². The Bertz CT molecular complexity index is 1260. The Kier molecular flexibility index (Phi) is 8.47. The Balaban J connectivity index is 1.19. The number of rotatable bonds is 7. The summed E-state index contributed by atoms with van der Waals surface area (Å²) in [5.41, 5.74) is 1.03.